The second kappa shape index (κ2) is 7.92. The third-order valence-corrected chi connectivity index (χ3v) is 4.78. The number of aromatic nitrogens is 2. The first-order valence-electron chi connectivity index (χ1n) is 8.02. The van der Waals surface area contributed by atoms with Crippen LogP contribution in [0.5, 0.6) is 0 Å². The molecule has 0 bridgehead atoms. The van der Waals surface area contributed by atoms with Crippen molar-refractivity contribution in [3.8, 4) is 0 Å². The third-order valence-electron chi connectivity index (χ3n) is 4.27. The molecule has 1 unspecified atom stereocenters. The minimum absolute atomic E-state index is 0.340. The quantitative estimate of drug-likeness (QED) is 0.800. The molecular weight excluding hydrogens is 327 g/mol. The maximum Gasteiger partial charge on any atom is 0.227 e. The molecule has 1 aliphatic heterocycles. The lowest BCUT2D eigenvalue weighted by Gasteiger charge is -2.28. The molecular formula is C17H21FN4OS. The molecule has 24 heavy (non-hydrogen) atoms. The summed E-state index contributed by atoms with van der Waals surface area (Å²) < 4.78 is 19.2. The average molecular weight is 348 g/mol. The Balaban J connectivity index is 1.69. The second-order valence-electron chi connectivity index (χ2n) is 6.00. The predicted molar refractivity (Wildman–Crippen MR) is 93.7 cm³/mol. The minimum Gasteiger partial charge on any atom is -0.381 e. The summed E-state index contributed by atoms with van der Waals surface area (Å²) in [5.74, 6) is 1.02. The zero-order valence-corrected chi connectivity index (χ0v) is 14.4. The van der Waals surface area contributed by atoms with E-state index in [1.54, 1.807) is 6.07 Å². The van der Waals surface area contributed by atoms with Gasteiger partial charge in [-0.15, -0.1) is 0 Å². The van der Waals surface area contributed by atoms with E-state index in [4.69, 9.17) is 9.88 Å². The van der Waals surface area contributed by atoms with E-state index < -0.39 is 0 Å². The van der Waals surface area contributed by atoms with Gasteiger partial charge in [0.05, 0.1) is 6.61 Å². The maximum absolute atomic E-state index is 13.5. The van der Waals surface area contributed by atoms with Crippen LogP contribution < -0.4 is 10.5 Å². The molecule has 0 radical (unpaired) electrons. The molecule has 2 heterocycles. The van der Waals surface area contributed by atoms with Crippen LogP contribution in [0.3, 0.4) is 0 Å². The first-order chi connectivity index (χ1) is 11.7. The van der Waals surface area contributed by atoms with Gasteiger partial charge in [0.1, 0.15) is 5.82 Å². The van der Waals surface area contributed by atoms with Crippen LogP contribution in [0.2, 0.25) is 0 Å². The van der Waals surface area contributed by atoms with E-state index in [1.807, 2.05) is 12.4 Å². The van der Waals surface area contributed by atoms with Crippen LogP contribution in [0.4, 0.5) is 16.0 Å². The summed E-state index contributed by atoms with van der Waals surface area (Å²) in [5.41, 5.74) is 1.65. The van der Waals surface area contributed by atoms with Crippen LogP contribution in [0.1, 0.15) is 31.2 Å². The van der Waals surface area contributed by atoms with E-state index in [9.17, 15) is 4.39 Å². The molecule has 1 saturated heterocycles. The Morgan fingerprint density at radius 3 is 2.79 bits per heavy atom. The van der Waals surface area contributed by atoms with Gasteiger partial charge in [0.2, 0.25) is 5.95 Å². The molecule has 1 fully saturated rings. The summed E-state index contributed by atoms with van der Waals surface area (Å²) in [4.78, 5) is 9.33. The van der Waals surface area contributed by atoms with Gasteiger partial charge in [0.15, 0.2) is 0 Å². The van der Waals surface area contributed by atoms with Gasteiger partial charge in [-0.1, -0.05) is 13.3 Å². The molecule has 2 aromatic rings. The molecule has 0 saturated carbocycles. The Kier molecular flexibility index (Phi) is 5.65. The van der Waals surface area contributed by atoms with Crippen molar-refractivity contribution in [1.82, 2.24) is 9.97 Å². The number of anilines is 2. The molecule has 0 amide bonds. The van der Waals surface area contributed by atoms with E-state index in [1.165, 1.54) is 12.1 Å². The highest BCUT2D eigenvalue weighted by Crippen LogP contribution is 2.30. The van der Waals surface area contributed by atoms with Crippen LogP contribution in [0, 0.1) is 11.7 Å². The van der Waals surface area contributed by atoms with E-state index in [-0.39, 0.29) is 5.82 Å². The highest BCUT2D eigenvalue weighted by Gasteiger charge is 2.23. The molecule has 7 heteroatoms. The molecule has 5 nitrogen and oxygen atoms in total. The number of hydrogen-bond donors (Lipinski definition) is 2. The van der Waals surface area contributed by atoms with Crippen molar-refractivity contribution in [2.75, 3.05) is 18.5 Å². The van der Waals surface area contributed by atoms with Crippen molar-refractivity contribution >= 4 is 23.6 Å². The summed E-state index contributed by atoms with van der Waals surface area (Å²) in [6.45, 7) is 3.75. The Morgan fingerprint density at radius 2 is 2.08 bits per heavy atom. The standard InChI is InChI=1S/C17H21FN4OS/c1-2-11-3-12(10-23-9-11)13-7-20-17(21-8-13)22-15-4-14(18)5-16(6-15)24-19/h4-8,11-12H,2-3,9-10,19H2,1H3,(H,20,21,22)/t11?,12-/m0/s1. The van der Waals surface area contributed by atoms with Gasteiger partial charge in [0.25, 0.3) is 0 Å². The summed E-state index contributed by atoms with van der Waals surface area (Å²) >= 11 is 0.996. The average Bonchev–Trinajstić information content (AvgIpc) is 2.62. The van der Waals surface area contributed by atoms with Crippen LogP contribution in [0.15, 0.2) is 35.5 Å². The summed E-state index contributed by atoms with van der Waals surface area (Å²) in [6.07, 6.45) is 5.87. The van der Waals surface area contributed by atoms with Crippen LogP contribution in [-0.4, -0.2) is 23.2 Å². The first-order valence-corrected chi connectivity index (χ1v) is 8.90. The van der Waals surface area contributed by atoms with Gasteiger partial charge in [-0.3, -0.25) is 5.14 Å². The zero-order chi connectivity index (χ0) is 16.9. The zero-order valence-electron chi connectivity index (χ0n) is 13.5. The van der Waals surface area contributed by atoms with Gasteiger partial charge in [0, 0.05) is 35.5 Å². The molecule has 0 spiro atoms. The lowest BCUT2D eigenvalue weighted by Crippen LogP contribution is -2.24. The summed E-state index contributed by atoms with van der Waals surface area (Å²) in [6, 6.07) is 4.52. The van der Waals surface area contributed by atoms with Crippen molar-refractivity contribution in [2.45, 2.75) is 30.6 Å². The predicted octanol–water partition coefficient (Wildman–Crippen LogP) is 3.86. The number of nitrogens with one attached hydrogen (secondary N) is 1. The lowest BCUT2D eigenvalue weighted by atomic mass is 9.88. The maximum atomic E-state index is 13.5. The fourth-order valence-corrected chi connectivity index (χ4v) is 3.25. The first kappa shape index (κ1) is 17.1. The molecule has 2 atom stereocenters. The number of halogens is 1. The molecule has 1 aliphatic rings. The van der Waals surface area contributed by atoms with Crippen molar-refractivity contribution in [3.63, 3.8) is 0 Å². The largest absolute Gasteiger partial charge is 0.381 e. The number of nitrogens with two attached hydrogens (primary N) is 1. The second-order valence-corrected chi connectivity index (χ2v) is 6.71. The third kappa shape index (κ3) is 4.23. The normalized spacial score (nSPS) is 20.8. The Bertz CT molecular complexity index is 683. The monoisotopic (exact) mass is 348 g/mol. The highest BCUT2D eigenvalue weighted by atomic mass is 32.2. The molecule has 3 N–H and O–H groups in total. The summed E-state index contributed by atoms with van der Waals surface area (Å²) in [7, 11) is 0. The SMILES string of the molecule is CCC1COC[C@@H](c2cnc(Nc3cc(F)cc(SN)c3)nc2)C1. The van der Waals surface area contributed by atoms with Crippen molar-refractivity contribution in [3.05, 3.63) is 42.0 Å². The smallest absolute Gasteiger partial charge is 0.227 e. The van der Waals surface area contributed by atoms with E-state index >= 15 is 0 Å². The van der Waals surface area contributed by atoms with Crippen LogP contribution in [-0.2, 0) is 4.74 Å². The molecule has 1 aromatic carbocycles. The number of nitrogens with zero attached hydrogens (tertiary/aromatic N) is 2. The minimum atomic E-state index is -0.352. The van der Waals surface area contributed by atoms with E-state index in [2.05, 4.69) is 22.2 Å². The Morgan fingerprint density at radius 1 is 1.29 bits per heavy atom. The Hall–Kier alpha value is -1.70. The topological polar surface area (TPSA) is 73.1 Å². The van der Waals surface area contributed by atoms with Gasteiger partial charge in [-0.2, -0.15) is 0 Å². The molecule has 1 aromatic heterocycles. The lowest BCUT2D eigenvalue weighted by molar-refractivity contribution is 0.0378. The van der Waals surface area contributed by atoms with Crippen LogP contribution in [0.25, 0.3) is 0 Å². The van der Waals surface area contributed by atoms with Gasteiger partial charge >= 0.3 is 0 Å². The fraction of sp³-hybridized carbons (Fsp3) is 0.412. The number of rotatable bonds is 5. The number of ether oxygens (including phenoxy) is 1. The van der Waals surface area contributed by atoms with Crippen LogP contribution >= 0.6 is 11.9 Å². The fourth-order valence-electron chi connectivity index (χ4n) is 2.88. The van der Waals surface area contributed by atoms with E-state index in [0.29, 0.717) is 35.0 Å². The number of benzene rings is 1. The highest BCUT2D eigenvalue weighted by molar-refractivity contribution is 7.97. The van der Waals surface area contributed by atoms with Crippen molar-refractivity contribution in [2.24, 2.45) is 11.1 Å². The van der Waals surface area contributed by atoms with E-state index in [0.717, 1.165) is 37.0 Å². The van der Waals surface area contributed by atoms with Crippen molar-refractivity contribution in [1.29, 1.82) is 0 Å². The molecule has 128 valence electrons. The molecule has 0 aliphatic carbocycles. The summed E-state index contributed by atoms with van der Waals surface area (Å²) in [5, 5.41) is 8.49. The Labute approximate surface area is 145 Å². The van der Waals surface area contributed by atoms with Crippen molar-refractivity contribution < 1.29 is 9.13 Å². The van der Waals surface area contributed by atoms with Gasteiger partial charge < -0.3 is 10.1 Å². The molecule has 3 rings (SSSR count). The van der Waals surface area contributed by atoms with Gasteiger partial charge in [-0.05, 0) is 48.0 Å². The van der Waals surface area contributed by atoms with Gasteiger partial charge in [-0.25, -0.2) is 14.4 Å². The number of hydrogen-bond acceptors (Lipinski definition) is 6.